The SMILES string of the molecule is COc1ccc(SC(c2ccc(Cl)cc2)C(Cl)n2ccnc2)cc1. The molecule has 3 rings (SSSR count). The maximum Gasteiger partial charge on any atom is 0.125 e. The zero-order chi connectivity index (χ0) is 16.9. The summed E-state index contributed by atoms with van der Waals surface area (Å²) in [6, 6.07) is 15.7. The lowest BCUT2D eigenvalue weighted by Gasteiger charge is -2.23. The highest BCUT2D eigenvalue weighted by Crippen LogP contribution is 2.45. The van der Waals surface area contributed by atoms with E-state index in [0.29, 0.717) is 5.02 Å². The van der Waals surface area contributed by atoms with Crippen LogP contribution in [0.15, 0.2) is 72.1 Å². The van der Waals surface area contributed by atoms with Gasteiger partial charge in [-0.05, 0) is 42.0 Å². The fourth-order valence-electron chi connectivity index (χ4n) is 2.31. The lowest BCUT2D eigenvalue weighted by atomic mass is 10.1. The highest BCUT2D eigenvalue weighted by Gasteiger charge is 2.24. The number of benzene rings is 2. The van der Waals surface area contributed by atoms with Gasteiger partial charge in [-0.3, -0.25) is 0 Å². The lowest BCUT2D eigenvalue weighted by Crippen LogP contribution is -2.09. The Hall–Kier alpha value is -1.62. The minimum absolute atomic E-state index is 0.00604. The number of imidazole rings is 1. The number of hydrogen-bond acceptors (Lipinski definition) is 3. The molecular weight excluding hydrogens is 363 g/mol. The topological polar surface area (TPSA) is 27.1 Å². The van der Waals surface area contributed by atoms with E-state index in [4.69, 9.17) is 27.9 Å². The van der Waals surface area contributed by atoms with Crippen molar-refractivity contribution in [1.29, 1.82) is 0 Å². The molecular formula is C18H16Cl2N2OS. The van der Waals surface area contributed by atoms with Crippen LogP contribution in [-0.2, 0) is 0 Å². The van der Waals surface area contributed by atoms with E-state index >= 15 is 0 Å². The second-order valence-corrected chi connectivity index (χ2v) is 7.25. The number of thioether (sulfide) groups is 1. The van der Waals surface area contributed by atoms with Crippen molar-refractivity contribution in [3.8, 4) is 5.75 Å². The Morgan fingerprint density at radius 2 is 1.79 bits per heavy atom. The molecule has 2 aromatic carbocycles. The van der Waals surface area contributed by atoms with Gasteiger partial charge in [0.25, 0.3) is 0 Å². The average molecular weight is 379 g/mol. The number of rotatable bonds is 6. The quantitative estimate of drug-likeness (QED) is 0.399. The van der Waals surface area contributed by atoms with Gasteiger partial charge in [0.1, 0.15) is 11.3 Å². The molecule has 0 bridgehead atoms. The minimum Gasteiger partial charge on any atom is -0.497 e. The molecule has 0 amide bonds. The van der Waals surface area contributed by atoms with E-state index in [1.165, 1.54) is 0 Å². The Balaban J connectivity index is 1.90. The predicted molar refractivity (Wildman–Crippen MR) is 100 cm³/mol. The van der Waals surface area contributed by atoms with Crippen LogP contribution >= 0.6 is 35.0 Å². The van der Waals surface area contributed by atoms with Crippen LogP contribution in [-0.4, -0.2) is 16.7 Å². The van der Waals surface area contributed by atoms with E-state index in [1.807, 2.05) is 59.3 Å². The van der Waals surface area contributed by atoms with Crippen LogP contribution < -0.4 is 4.74 Å². The molecule has 3 nitrogen and oxygen atoms in total. The summed E-state index contributed by atoms with van der Waals surface area (Å²) in [5.41, 5.74) is 0.828. The van der Waals surface area contributed by atoms with Crippen LogP contribution in [0.25, 0.3) is 0 Å². The molecule has 3 aromatic rings. The van der Waals surface area contributed by atoms with Gasteiger partial charge in [-0.1, -0.05) is 35.3 Å². The monoisotopic (exact) mass is 378 g/mol. The second-order valence-electron chi connectivity index (χ2n) is 5.15. The zero-order valence-electron chi connectivity index (χ0n) is 13.0. The van der Waals surface area contributed by atoms with Crippen molar-refractivity contribution >= 4 is 35.0 Å². The van der Waals surface area contributed by atoms with Crippen molar-refractivity contribution in [2.75, 3.05) is 7.11 Å². The lowest BCUT2D eigenvalue weighted by molar-refractivity contribution is 0.414. The molecule has 0 aliphatic heterocycles. The summed E-state index contributed by atoms with van der Waals surface area (Å²) in [6.07, 6.45) is 5.33. The number of hydrogen-bond donors (Lipinski definition) is 0. The molecule has 2 atom stereocenters. The molecule has 0 aliphatic rings. The first-order valence-corrected chi connectivity index (χ1v) is 9.04. The molecule has 0 fully saturated rings. The third kappa shape index (κ3) is 4.07. The molecule has 0 saturated heterocycles. The first kappa shape index (κ1) is 17.2. The molecule has 1 heterocycles. The van der Waals surface area contributed by atoms with Crippen LogP contribution in [0.2, 0.25) is 5.02 Å². The smallest absolute Gasteiger partial charge is 0.125 e. The summed E-state index contributed by atoms with van der Waals surface area (Å²) in [7, 11) is 1.66. The Morgan fingerprint density at radius 1 is 1.08 bits per heavy atom. The minimum atomic E-state index is -0.277. The molecule has 0 spiro atoms. The molecule has 2 unspecified atom stereocenters. The van der Waals surface area contributed by atoms with Gasteiger partial charge in [-0.15, -0.1) is 11.8 Å². The molecule has 0 saturated carbocycles. The summed E-state index contributed by atoms with van der Waals surface area (Å²) in [5, 5.41) is 0.715. The van der Waals surface area contributed by atoms with Crippen LogP contribution in [0, 0.1) is 0 Å². The van der Waals surface area contributed by atoms with Gasteiger partial charge in [-0.2, -0.15) is 0 Å². The Kier molecular flexibility index (Phi) is 5.72. The van der Waals surface area contributed by atoms with E-state index in [0.717, 1.165) is 16.2 Å². The summed E-state index contributed by atoms with van der Waals surface area (Å²) in [6.45, 7) is 0. The van der Waals surface area contributed by atoms with Crippen molar-refractivity contribution in [1.82, 2.24) is 9.55 Å². The van der Waals surface area contributed by atoms with Gasteiger partial charge < -0.3 is 9.30 Å². The number of ether oxygens (including phenoxy) is 1. The number of methoxy groups -OCH3 is 1. The van der Waals surface area contributed by atoms with E-state index in [-0.39, 0.29) is 10.8 Å². The molecule has 0 aliphatic carbocycles. The van der Waals surface area contributed by atoms with Crippen LogP contribution in [0.4, 0.5) is 0 Å². The van der Waals surface area contributed by atoms with Gasteiger partial charge in [0.05, 0.1) is 18.7 Å². The van der Waals surface area contributed by atoms with Gasteiger partial charge in [-0.25, -0.2) is 4.98 Å². The maximum absolute atomic E-state index is 6.74. The maximum atomic E-state index is 6.74. The molecule has 1 aromatic heterocycles. The molecule has 0 N–H and O–H groups in total. The second kappa shape index (κ2) is 7.97. The highest BCUT2D eigenvalue weighted by atomic mass is 35.5. The number of alkyl halides is 1. The molecule has 6 heteroatoms. The standard InChI is InChI=1S/C18H16Cl2N2OS/c1-23-15-6-8-16(9-7-15)24-17(13-2-4-14(19)5-3-13)18(20)22-11-10-21-12-22/h2-12,17-18H,1H3. The Labute approximate surface area is 155 Å². The fourth-order valence-corrected chi connectivity index (χ4v) is 3.98. The van der Waals surface area contributed by atoms with Crippen molar-refractivity contribution in [3.05, 3.63) is 77.8 Å². The Bertz CT molecular complexity index is 761. The molecule has 124 valence electrons. The van der Waals surface area contributed by atoms with Crippen LogP contribution in [0.1, 0.15) is 16.3 Å². The van der Waals surface area contributed by atoms with Gasteiger partial charge in [0.15, 0.2) is 0 Å². The highest BCUT2D eigenvalue weighted by molar-refractivity contribution is 7.99. The van der Waals surface area contributed by atoms with E-state index in [2.05, 4.69) is 4.98 Å². The first-order chi connectivity index (χ1) is 11.7. The summed E-state index contributed by atoms with van der Waals surface area (Å²) < 4.78 is 7.12. The zero-order valence-corrected chi connectivity index (χ0v) is 15.3. The van der Waals surface area contributed by atoms with Crippen molar-refractivity contribution < 1.29 is 4.74 Å². The predicted octanol–water partition coefficient (Wildman–Crippen LogP) is 5.82. The summed E-state index contributed by atoms with van der Waals surface area (Å²) in [4.78, 5) is 5.21. The largest absolute Gasteiger partial charge is 0.497 e. The Morgan fingerprint density at radius 3 is 2.38 bits per heavy atom. The van der Waals surface area contributed by atoms with Gasteiger partial charge >= 0.3 is 0 Å². The van der Waals surface area contributed by atoms with Gasteiger partial charge in [0, 0.05) is 22.3 Å². The van der Waals surface area contributed by atoms with E-state index < -0.39 is 0 Å². The van der Waals surface area contributed by atoms with Crippen molar-refractivity contribution in [2.45, 2.75) is 15.6 Å². The van der Waals surface area contributed by atoms with Crippen LogP contribution in [0.5, 0.6) is 5.75 Å². The fraction of sp³-hybridized carbons (Fsp3) is 0.167. The third-order valence-corrected chi connectivity index (χ3v) is 5.79. The van der Waals surface area contributed by atoms with Crippen LogP contribution in [0.3, 0.4) is 0 Å². The molecule has 0 radical (unpaired) electrons. The summed E-state index contributed by atoms with van der Waals surface area (Å²) in [5.74, 6) is 0.833. The first-order valence-electron chi connectivity index (χ1n) is 7.35. The number of nitrogens with zero attached hydrogens (tertiary/aromatic N) is 2. The van der Waals surface area contributed by atoms with Crippen molar-refractivity contribution in [2.24, 2.45) is 0 Å². The van der Waals surface area contributed by atoms with Gasteiger partial charge in [0.2, 0.25) is 0 Å². The average Bonchev–Trinajstić information content (AvgIpc) is 3.15. The van der Waals surface area contributed by atoms with E-state index in [1.54, 1.807) is 31.4 Å². The third-order valence-electron chi connectivity index (χ3n) is 3.58. The molecule has 24 heavy (non-hydrogen) atoms. The normalized spacial score (nSPS) is 13.5. The van der Waals surface area contributed by atoms with E-state index in [9.17, 15) is 0 Å². The van der Waals surface area contributed by atoms with Crippen molar-refractivity contribution in [3.63, 3.8) is 0 Å². The number of aromatic nitrogens is 2. The summed E-state index contributed by atoms with van der Waals surface area (Å²) >= 11 is 14.5. The number of halogens is 2.